The molecule has 136 valence electrons. The number of methoxy groups -OCH3 is 1. The van der Waals surface area contributed by atoms with Crippen LogP contribution in [0.4, 0.5) is 0 Å². The molecule has 6 heteroatoms. The summed E-state index contributed by atoms with van der Waals surface area (Å²) in [6.45, 7) is 0.342. The average Bonchev–Trinajstić information content (AvgIpc) is 3.19. The highest BCUT2D eigenvalue weighted by Gasteiger charge is 2.19. The van der Waals surface area contributed by atoms with E-state index in [1.54, 1.807) is 13.2 Å². The van der Waals surface area contributed by atoms with Gasteiger partial charge in [-0.05, 0) is 31.0 Å². The van der Waals surface area contributed by atoms with E-state index in [0.29, 0.717) is 12.1 Å². The van der Waals surface area contributed by atoms with E-state index >= 15 is 0 Å². The molecule has 1 aromatic heterocycles. The number of carbonyl (C=O) groups is 2. The standard InChI is InChI=1S/C20H23N3O3/c1-26-18-9-5-2-6-15(18)13-22-19(24)14-10-11-21-17(12-14)20(25)23-16-7-3-4-8-16/h2,5-6,9-12,16H,3-4,7-8,13H2,1H3,(H,22,24)(H,23,25). The number of rotatable bonds is 6. The zero-order chi connectivity index (χ0) is 18.4. The van der Waals surface area contributed by atoms with Crippen molar-refractivity contribution in [3.05, 3.63) is 59.4 Å². The maximum absolute atomic E-state index is 12.4. The van der Waals surface area contributed by atoms with E-state index < -0.39 is 0 Å². The number of aromatic nitrogens is 1. The molecule has 2 aromatic rings. The monoisotopic (exact) mass is 353 g/mol. The maximum atomic E-state index is 12.4. The van der Waals surface area contributed by atoms with Gasteiger partial charge in [0.25, 0.3) is 11.8 Å². The van der Waals surface area contributed by atoms with Gasteiger partial charge in [-0.1, -0.05) is 31.0 Å². The van der Waals surface area contributed by atoms with Crippen molar-refractivity contribution < 1.29 is 14.3 Å². The number of hydrogen-bond acceptors (Lipinski definition) is 4. The van der Waals surface area contributed by atoms with Crippen LogP contribution in [0, 0.1) is 0 Å². The van der Waals surface area contributed by atoms with Crippen LogP contribution in [0.25, 0.3) is 0 Å². The van der Waals surface area contributed by atoms with Crippen molar-refractivity contribution in [2.75, 3.05) is 7.11 Å². The fourth-order valence-electron chi connectivity index (χ4n) is 3.15. The topological polar surface area (TPSA) is 80.3 Å². The van der Waals surface area contributed by atoms with Gasteiger partial charge in [0.05, 0.1) is 7.11 Å². The highest BCUT2D eigenvalue weighted by Crippen LogP contribution is 2.18. The van der Waals surface area contributed by atoms with Crippen LogP contribution in [-0.4, -0.2) is 29.9 Å². The summed E-state index contributed by atoms with van der Waals surface area (Å²) < 4.78 is 5.28. The fourth-order valence-corrected chi connectivity index (χ4v) is 3.15. The highest BCUT2D eigenvalue weighted by atomic mass is 16.5. The molecule has 0 saturated heterocycles. The van der Waals surface area contributed by atoms with Crippen LogP contribution in [0.1, 0.15) is 52.1 Å². The minimum Gasteiger partial charge on any atom is -0.496 e. The summed E-state index contributed by atoms with van der Waals surface area (Å²) in [5, 5.41) is 5.84. The van der Waals surface area contributed by atoms with Crippen LogP contribution in [0.15, 0.2) is 42.6 Å². The predicted molar refractivity (Wildman–Crippen MR) is 98.1 cm³/mol. The van der Waals surface area contributed by atoms with Crippen LogP contribution >= 0.6 is 0 Å². The zero-order valence-corrected chi connectivity index (χ0v) is 14.8. The summed E-state index contributed by atoms with van der Waals surface area (Å²) in [6.07, 6.45) is 5.78. The molecule has 1 saturated carbocycles. The minimum absolute atomic E-state index is 0.215. The Morgan fingerprint density at radius 1 is 1.15 bits per heavy atom. The van der Waals surface area contributed by atoms with Crippen molar-refractivity contribution >= 4 is 11.8 Å². The van der Waals surface area contributed by atoms with E-state index in [1.807, 2.05) is 24.3 Å². The molecular weight excluding hydrogens is 330 g/mol. The van der Waals surface area contributed by atoms with E-state index in [1.165, 1.54) is 12.3 Å². The maximum Gasteiger partial charge on any atom is 0.270 e. The number of nitrogens with one attached hydrogen (secondary N) is 2. The summed E-state index contributed by atoms with van der Waals surface area (Å²) in [5.41, 5.74) is 1.56. The number of ether oxygens (including phenoxy) is 1. The van der Waals surface area contributed by atoms with Gasteiger partial charge in [-0.15, -0.1) is 0 Å². The van der Waals surface area contributed by atoms with Gasteiger partial charge in [0.2, 0.25) is 0 Å². The largest absolute Gasteiger partial charge is 0.496 e. The van der Waals surface area contributed by atoms with Crippen molar-refractivity contribution in [1.82, 2.24) is 15.6 Å². The van der Waals surface area contributed by atoms with Crippen molar-refractivity contribution in [2.24, 2.45) is 0 Å². The third-order valence-electron chi connectivity index (χ3n) is 4.58. The first kappa shape index (κ1) is 17.9. The zero-order valence-electron chi connectivity index (χ0n) is 14.8. The summed E-state index contributed by atoms with van der Waals surface area (Å²) in [5.74, 6) is 0.239. The van der Waals surface area contributed by atoms with Gasteiger partial charge in [0.1, 0.15) is 11.4 Å². The van der Waals surface area contributed by atoms with E-state index in [9.17, 15) is 9.59 Å². The second-order valence-electron chi connectivity index (χ2n) is 6.38. The lowest BCUT2D eigenvalue weighted by Gasteiger charge is -2.12. The number of carbonyl (C=O) groups excluding carboxylic acids is 2. The Morgan fingerprint density at radius 3 is 2.69 bits per heavy atom. The lowest BCUT2D eigenvalue weighted by molar-refractivity contribution is 0.0933. The normalized spacial score (nSPS) is 14.0. The number of benzene rings is 1. The molecule has 1 fully saturated rings. The first-order chi connectivity index (χ1) is 12.7. The van der Waals surface area contributed by atoms with Crippen molar-refractivity contribution in [1.29, 1.82) is 0 Å². The van der Waals surface area contributed by atoms with Gasteiger partial charge < -0.3 is 15.4 Å². The summed E-state index contributed by atoms with van der Waals surface area (Å²) in [4.78, 5) is 28.8. The molecule has 2 amide bonds. The Balaban J connectivity index is 1.63. The molecule has 1 aromatic carbocycles. The number of hydrogen-bond donors (Lipinski definition) is 2. The molecule has 0 unspecified atom stereocenters. The number of nitrogens with zero attached hydrogens (tertiary/aromatic N) is 1. The van der Waals surface area contributed by atoms with Gasteiger partial charge in [0.15, 0.2) is 0 Å². The summed E-state index contributed by atoms with van der Waals surface area (Å²) in [6, 6.07) is 10.9. The van der Waals surface area contributed by atoms with E-state index in [4.69, 9.17) is 4.74 Å². The van der Waals surface area contributed by atoms with Crippen LogP contribution in [-0.2, 0) is 6.54 Å². The Kier molecular flexibility index (Phi) is 5.84. The van der Waals surface area contributed by atoms with Gasteiger partial charge in [-0.2, -0.15) is 0 Å². The molecule has 0 spiro atoms. The third-order valence-corrected chi connectivity index (χ3v) is 4.58. The molecule has 6 nitrogen and oxygen atoms in total. The molecular formula is C20H23N3O3. The molecule has 2 N–H and O–H groups in total. The van der Waals surface area contributed by atoms with E-state index in [-0.39, 0.29) is 23.6 Å². The quantitative estimate of drug-likeness (QED) is 0.837. The van der Waals surface area contributed by atoms with E-state index in [0.717, 1.165) is 37.0 Å². The SMILES string of the molecule is COc1ccccc1CNC(=O)c1ccnc(C(=O)NC2CCCC2)c1. The second kappa shape index (κ2) is 8.47. The predicted octanol–water partition coefficient (Wildman–Crippen LogP) is 2.69. The van der Waals surface area contributed by atoms with Gasteiger partial charge in [0, 0.05) is 29.9 Å². The van der Waals surface area contributed by atoms with Crippen molar-refractivity contribution in [3.8, 4) is 5.75 Å². The number of amides is 2. The molecule has 1 heterocycles. The van der Waals surface area contributed by atoms with Gasteiger partial charge >= 0.3 is 0 Å². The van der Waals surface area contributed by atoms with Crippen LogP contribution in [0.3, 0.4) is 0 Å². The third kappa shape index (κ3) is 4.39. The first-order valence-corrected chi connectivity index (χ1v) is 8.84. The van der Waals surface area contributed by atoms with E-state index in [2.05, 4.69) is 15.6 Å². The number of pyridine rings is 1. The van der Waals surface area contributed by atoms with Crippen LogP contribution in [0.2, 0.25) is 0 Å². The smallest absolute Gasteiger partial charge is 0.270 e. The molecule has 26 heavy (non-hydrogen) atoms. The Hall–Kier alpha value is -2.89. The lowest BCUT2D eigenvalue weighted by Crippen LogP contribution is -2.33. The Bertz CT molecular complexity index is 785. The number of para-hydroxylation sites is 1. The Labute approximate surface area is 153 Å². The summed E-state index contributed by atoms with van der Waals surface area (Å²) in [7, 11) is 1.60. The summed E-state index contributed by atoms with van der Waals surface area (Å²) >= 11 is 0. The highest BCUT2D eigenvalue weighted by molar-refractivity contribution is 5.98. The molecule has 0 atom stereocenters. The lowest BCUT2D eigenvalue weighted by atomic mass is 10.1. The van der Waals surface area contributed by atoms with Gasteiger partial charge in [-0.25, -0.2) is 0 Å². The van der Waals surface area contributed by atoms with Crippen molar-refractivity contribution in [2.45, 2.75) is 38.3 Å². The van der Waals surface area contributed by atoms with Crippen LogP contribution < -0.4 is 15.4 Å². The molecule has 1 aliphatic rings. The molecule has 3 rings (SSSR count). The van der Waals surface area contributed by atoms with Crippen molar-refractivity contribution in [3.63, 3.8) is 0 Å². The van der Waals surface area contributed by atoms with Gasteiger partial charge in [-0.3, -0.25) is 14.6 Å². The Morgan fingerprint density at radius 2 is 1.92 bits per heavy atom. The van der Waals surface area contributed by atoms with Crippen LogP contribution in [0.5, 0.6) is 5.75 Å². The molecule has 0 bridgehead atoms. The second-order valence-corrected chi connectivity index (χ2v) is 6.38. The molecule has 0 aliphatic heterocycles. The fraction of sp³-hybridized carbons (Fsp3) is 0.350. The molecule has 0 radical (unpaired) electrons. The minimum atomic E-state index is -0.256. The molecule has 1 aliphatic carbocycles. The average molecular weight is 353 g/mol. The first-order valence-electron chi connectivity index (χ1n) is 8.84.